The molecule has 2 heterocycles. The quantitative estimate of drug-likeness (QED) is 0.860. The van der Waals surface area contributed by atoms with Gasteiger partial charge in [0.1, 0.15) is 0 Å². The molecule has 3 rings (SSSR count). The van der Waals surface area contributed by atoms with Gasteiger partial charge in [-0.3, -0.25) is 9.69 Å². The van der Waals surface area contributed by atoms with Gasteiger partial charge in [0, 0.05) is 12.5 Å². The normalized spacial score (nSPS) is 20.6. The van der Waals surface area contributed by atoms with Gasteiger partial charge in [-0.05, 0) is 37.1 Å². The number of hydrogen-bond donors (Lipinski definition) is 1. The van der Waals surface area contributed by atoms with Crippen molar-refractivity contribution in [2.45, 2.75) is 25.3 Å². The number of carbonyl (C=O) groups is 1. The molecule has 0 aromatic heterocycles. The van der Waals surface area contributed by atoms with Gasteiger partial charge < -0.3 is 14.8 Å². The summed E-state index contributed by atoms with van der Waals surface area (Å²) >= 11 is 0. The van der Waals surface area contributed by atoms with Crippen molar-refractivity contribution in [2.24, 2.45) is 0 Å². The number of nitrogens with zero attached hydrogens (tertiary/aromatic N) is 1. The van der Waals surface area contributed by atoms with Crippen LogP contribution in [0.4, 0.5) is 0 Å². The highest BCUT2D eigenvalue weighted by atomic mass is 16.5. The van der Waals surface area contributed by atoms with Gasteiger partial charge >= 0.3 is 0 Å². The molecule has 2 aliphatic rings. The van der Waals surface area contributed by atoms with Crippen LogP contribution >= 0.6 is 0 Å². The summed E-state index contributed by atoms with van der Waals surface area (Å²) in [5, 5.41) is 2.73. The Kier molecular flexibility index (Phi) is 5.04. The molecule has 0 aliphatic carbocycles. The van der Waals surface area contributed by atoms with Crippen LogP contribution in [-0.2, 0) is 4.79 Å². The van der Waals surface area contributed by atoms with E-state index in [9.17, 15) is 4.79 Å². The Balaban J connectivity index is 1.71. The van der Waals surface area contributed by atoms with E-state index in [1.54, 1.807) is 0 Å². The van der Waals surface area contributed by atoms with Gasteiger partial charge in [-0.15, -0.1) is 6.42 Å². The van der Waals surface area contributed by atoms with Crippen LogP contribution in [0.15, 0.2) is 18.2 Å². The fraction of sp³-hybridized carbons (Fsp3) is 0.500. The zero-order chi connectivity index (χ0) is 16.1. The number of likely N-dealkylation sites (tertiary alicyclic amines) is 1. The van der Waals surface area contributed by atoms with Gasteiger partial charge in [-0.1, -0.05) is 12.0 Å². The van der Waals surface area contributed by atoms with Crippen LogP contribution in [0.25, 0.3) is 0 Å². The minimum absolute atomic E-state index is 0.0239. The van der Waals surface area contributed by atoms with E-state index in [1.165, 1.54) is 5.56 Å². The molecule has 5 nitrogen and oxygen atoms in total. The first-order chi connectivity index (χ1) is 11.3. The molecular formula is C18H22N2O3. The maximum atomic E-state index is 11.9. The zero-order valence-electron chi connectivity index (χ0n) is 13.2. The minimum atomic E-state index is -0.0239. The van der Waals surface area contributed by atoms with Crippen LogP contribution in [-0.4, -0.2) is 43.7 Å². The lowest BCUT2D eigenvalue weighted by molar-refractivity contribution is -0.122. The van der Waals surface area contributed by atoms with Crippen molar-refractivity contribution in [2.75, 3.05) is 32.8 Å². The van der Waals surface area contributed by atoms with Crippen molar-refractivity contribution >= 4 is 5.91 Å². The average Bonchev–Trinajstić information content (AvgIpc) is 2.88. The fourth-order valence-corrected chi connectivity index (χ4v) is 3.17. The van der Waals surface area contributed by atoms with Crippen LogP contribution in [0.3, 0.4) is 0 Å². The van der Waals surface area contributed by atoms with Gasteiger partial charge in [-0.25, -0.2) is 0 Å². The molecule has 1 N–H and O–H groups in total. The Labute approximate surface area is 136 Å². The summed E-state index contributed by atoms with van der Waals surface area (Å²) in [4.78, 5) is 14.1. The molecule has 0 saturated carbocycles. The van der Waals surface area contributed by atoms with E-state index in [4.69, 9.17) is 15.9 Å². The monoisotopic (exact) mass is 314 g/mol. The summed E-state index contributed by atoms with van der Waals surface area (Å²) < 4.78 is 11.5. The van der Waals surface area contributed by atoms with Crippen molar-refractivity contribution in [3.05, 3.63) is 23.8 Å². The van der Waals surface area contributed by atoms with E-state index in [2.05, 4.69) is 28.3 Å². The minimum Gasteiger partial charge on any atom is -0.490 e. The first kappa shape index (κ1) is 15.7. The molecule has 122 valence electrons. The van der Waals surface area contributed by atoms with Crippen LogP contribution in [0.5, 0.6) is 11.5 Å². The van der Waals surface area contributed by atoms with E-state index in [0.29, 0.717) is 19.8 Å². The maximum Gasteiger partial charge on any atom is 0.234 e. The number of amides is 1. The van der Waals surface area contributed by atoms with Crippen molar-refractivity contribution < 1.29 is 14.3 Å². The molecule has 0 bridgehead atoms. The predicted octanol–water partition coefficient (Wildman–Crippen LogP) is 1.73. The topological polar surface area (TPSA) is 50.8 Å². The van der Waals surface area contributed by atoms with E-state index >= 15 is 0 Å². The second kappa shape index (κ2) is 7.38. The van der Waals surface area contributed by atoms with Crippen molar-refractivity contribution in [3.8, 4) is 23.8 Å². The van der Waals surface area contributed by atoms with E-state index < -0.39 is 0 Å². The smallest absolute Gasteiger partial charge is 0.234 e. The van der Waals surface area contributed by atoms with Crippen LogP contribution in [0.2, 0.25) is 0 Å². The lowest BCUT2D eigenvalue weighted by Crippen LogP contribution is -2.37. The van der Waals surface area contributed by atoms with Crippen LogP contribution in [0.1, 0.15) is 30.9 Å². The molecule has 1 fully saturated rings. The molecule has 1 amide bonds. The number of benzene rings is 1. The molecule has 5 heteroatoms. The Morgan fingerprint density at radius 2 is 2.13 bits per heavy atom. The first-order valence-electron chi connectivity index (χ1n) is 8.11. The highest BCUT2D eigenvalue weighted by Gasteiger charge is 2.28. The number of hydrogen-bond acceptors (Lipinski definition) is 4. The summed E-state index contributed by atoms with van der Waals surface area (Å²) in [6, 6.07) is 6.35. The molecular weight excluding hydrogens is 292 g/mol. The largest absolute Gasteiger partial charge is 0.490 e. The third kappa shape index (κ3) is 3.77. The molecule has 1 atom stereocenters. The van der Waals surface area contributed by atoms with Gasteiger partial charge in [0.25, 0.3) is 0 Å². The summed E-state index contributed by atoms with van der Waals surface area (Å²) in [5.41, 5.74) is 1.18. The highest BCUT2D eigenvalue weighted by Crippen LogP contribution is 2.37. The summed E-state index contributed by atoms with van der Waals surface area (Å²) in [6.45, 7) is 2.95. The summed E-state index contributed by atoms with van der Waals surface area (Å²) in [5.74, 6) is 4.02. The van der Waals surface area contributed by atoms with Crippen molar-refractivity contribution in [1.29, 1.82) is 0 Å². The molecule has 1 aromatic rings. The number of carbonyl (C=O) groups excluding carboxylic acids is 1. The maximum absolute atomic E-state index is 11.9. The Hall–Kier alpha value is -2.19. The summed E-state index contributed by atoms with van der Waals surface area (Å²) in [6.07, 6.45) is 8.20. The number of ether oxygens (including phenoxy) is 2. The standard InChI is InChI=1S/C18H22N2O3/c1-2-8-19-18(21)13-20-9-3-5-15(20)14-6-7-16-17(12-14)23-11-4-10-22-16/h1,6-7,12,15H,3-5,8-11,13H2,(H,19,21)/t15-/m1/s1. The highest BCUT2D eigenvalue weighted by molar-refractivity contribution is 5.78. The molecule has 0 radical (unpaired) electrons. The average molecular weight is 314 g/mol. The number of nitrogens with one attached hydrogen (secondary N) is 1. The molecule has 1 aromatic carbocycles. The molecule has 0 spiro atoms. The zero-order valence-corrected chi connectivity index (χ0v) is 13.2. The third-order valence-electron chi connectivity index (χ3n) is 4.25. The van der Waals surface area contributed by atoms with E-state index in [0.717, 1.165) is 37.3 Å². The number of terminal acetylenes is 1. The Bertz CT molecular complexity index is 609. The Morgan fingerprint density at radius 3 is 2.96 bits per heavy atom. The predicted molar refractivity (Wildman–Crippen MR) is 87.4 cm³/mol. The van der Waals surface area contributed by atoms with E-state index in [1.807, 2.05) is 6.07 Å². The van der Waals surface area contributed by atoms with Crippen LogP contribution in [0, 0.1) is 12.3 Å². The lowest BCUT2D eigenvalue weighted by atomic mass is 10.0. The Morgan fingerprint density at radius 1 is 1.30 bits per heavy atom. The molecule has 1 saturated heterocycles. The summed E-state index contributed by atoms with van der Waals surface area (Å²) in [7, 11) is 0. The fourth-order valence-electron chi connectivity index (χ4n) is 3.17. The molecule has 2 aliphatic heterocycles. The third-order valence-corrected chi connectivity index (χ3v) is 4.25. The SMILES string of the molecule is C#CCNC(=O)CN1CCC[C@@H]1c1ccc2c(c1)OCCCO2. The molecule has 0 unspecified atom stereocenters. The number of rotatable bonds is 4. The van der Waals surface area contributed by atoms with Crippen molar-refractivity contribution in [3.63, 3.8) is 0 Å². The second-order valence-electron chi connectivity index (χ2n) is 5.87. The number of fused-ring (bicyclic) bond motifs is 1. The van der Waals surface area contributed by atoms with Crippen LogP contribution < -0.4 is 14.8 Å². The van der Waals surface area contributed by atoms with Gasteiger partial charge in [-0.2, -0.15) is 0 Å². The van der Waals surface area contributed by atoms with E-state index in [-0.39, 0.29) is 18.5 Å². The van der Waals surface area contributed by atoms with Crippen molar-refractivity contribution in [1.82, 2.24) is 10.2 Å². The van der Waals surface area contributed by atoms with Gasteiger partial charge in [0.2, 0.25) is 5.91 Å². The second-order valence-corrected chi connectivity index (χ2v) is 5.87. The van der Waals surface area contributed by atoms with Gasteiger partial charge in [0.05, 0.1) is 26.3 Å². The van der Waals surface area contributed by atoms with Gasteiger partial charge in [0.15, 0.2) is 11.5 Å². The first-order valence-corrected chi connectivity index (χ1v) is 8.11. The molecule has 23 heavy (non-hydrogen) atoms. The lowest BCUT2D eigenvalue weighted by Gasteiger charge is -2.24.